The van der Waals surface area contributed by atoms with Gasteiger partial charge in [0.1, 0.15) is 11.5 Å². The largest absolute Gasteiger partial charge is 0.504 e. The number of nitrogens with zero attached hydrogens (tertiary/aromatic N) is 1. The van der Waals surface area contributed by atoms with E-state index in [2.05, 4.69) is 27.6 Å². The Balaban J connectivity index is 1.64. The van der Waals surface area contributed by atoms with Crippen molar-refractivity contribution in [1.29, 1.82) is 0 Å². The molecular formula is C19H17FN4O3. The van der Waals surface area contributed by atoms with Crippen LogP contribution in [0.25, 0.3) is 17.0 Å². The van der Waals surface area contributed by atoms with Crippen LogP contribution in [0.3, 0.4) is 0 Å². The lowest BCUT2D eigenvalue weighted by Gasteiger charge is -2.12. The van der Waals surface area contributed by atoms with Gasteiger partial charge >= 0.3 is 0 Å². The van der Waals surface area contributed by atoms with E-state index in [1.165, 1.54) is 25.3 Å². The molecule has 1 amide bonds. The Morgan fingerprint density at radius 2 is 1.93 bits per heavy atom. The average Bonchev–Trinajstić information content (AvgIpc) is 3.17. The number of rotatable bonds is 6. The summed E-state index contributed by atoms with van der Waals surface area (Å²) in [6, 6.07) is 12.0. The summed E-state index contributed by atoms with van der Waals surface area (Å²) in [6.07, 6.45) is 0. The molecule has 3 aromatic rings. The molecule has 1 heterocycles. The SMILES string of the molecule is C=C(NNC(=O)c1cc(-c2ccc(F)cc2)n[nH]1)c1ccc(O)c(OC)c1. The number of carbonyl (C=O) groups is 1. The van der Waals surface area contributed by atoms with E-state index in [0.29, 0.717) is 28.3 Å². The lowest BCUT2D eigenvalue weighted by Crippen LogP contribution is -2.36. The smallest absolute Gasteiger partial charge is 0.287 e. The van der Waals surface area contributed by atoms with Crippen molar-refractivity contribution in [3.63, 3.8) is 0 Å². The molecule has 27 heavy (non-hydrogen) atoms. The molecule has 8 heteroatoms. The highest BCUT2D eigenvalue weighted by Crippen LogP contribution is 2.28. The van der Waals surface area contributed by atoms with Gasteiger partial charge in [0.15, 0.2) is 11.5 Å². The molecular weight excluding hydrogens is 351 g/mol. The van der Waals surface area contributed by atoms with Gasteiger partial charge in [-0.1, -0.05) is 6.58 Å². The molecule has 0 aliphatic carbocycles. The van der Waals surface area contributed by atoms with Crippen molar-refractivity contribution in [2.75, 3.05) is 7.11 Å². The zero-order valence-electron chi connectivity index (χ0n) is 14.4. The molecule has 0 aliphatic heterocycles. The van der Waals surface area contributed by atoms with Crippen LogP contribution in [0.2, 0.25) is 0 Å². The van der Waals surface area contributed by atoms with Crippen LogP contribution < -0.4 is 15.6 Å². The van der Waals surface area contributed by atoms with Crippen LogP contribution in [0.15, 0.2) is 55.1 Å². The number of aromatic hydroxyl groups is 1. The van der Waals surface area contributed by atoms with Crippen molar-refractivity contribution in [3.05, 3.63) is 72.2 Å². The van der Waals surface area contributed by atoms with Gasteiger partial charge < -0.3 is 9.84 Å². The van der Waals surface area contributed by atoms with Crippen LogP contribution in [-0.4, -0.2) is 28.3 Å². The summed E-state index contributed by atoms with van der Waals surface area (Å²) in [7, 11) is 1.44. The summed E-state index contributed by atoms with van der Waals surface area (Å²) in [4.78, 5) is 12.2. The highest BCUT2D eigenvalue weighted by molar-refractivity contribution is 5.93. The number of hydrogen-bond donors (Lipinski definition) is 4. The number of phenolic OH excluding ortho intramolecular Hbond substituents is 1. The van der Waals surface area contributed by atoms with Crippen LogP contribution in [0, 0.1) is 5.82 Å². The average molecular weight is 368 g/mol. The molecule has 7 nitrogen and oxygen atoms in total. The number of benzene rings is 2. The minimum atomic E-state index is -0.456. The predicted octanol–water partition coefficient (Wildman–Crippen LogP) is 2.84. The summed E-state index contributed by atoms with van der Waals surface area (Å²) in [5.41, 5.74) is 7.64. The van der Waals surface area contributed by atoms with Gasteiger partial charge in [0, 0.05) is 11.1 Å². The van der Waals surface area contributed by atoms with Crippen molar-refractivity contribution < 1.29 is 19.0 Å². The highest BCUT2D eigenvalue weighted by atomic mass is 19.1. The summed E-state index contributed by atoms with van der Waals surface area (Å²) in [5.74, 6) is -0.508. The number of H-pyrrole nitrogens is 1. The van der Waals surface area contributed by atoms with E-state index in [1.54, 1.807) is 30.3 Å². The zero-order valence-corrected chi connectivity index (χ0v) is 14.4. The molecule has 0 aliphatic rings. The maximum absolute atomic E-state index is 13.0. The molecule has 138 valence electrons. The number of aromatic nitrogens is 2. The van der Waals surface area contributed by atoms with Crippen LogP contribution in [-0.2, 0) is 0 Å². The summed E-state index contributed by atoms with van der Waals surface area (Å²) >= 11 is 0. The fourth-order valence-corrected chi connectivity index (χ4v) is 2.34. The lowest BCUT2D eigenvalue weighted by atomic mass is 10.1. The molecule has 2 aromatic carbocycles. The first-order valence-corrected chi connectivity index (χ1v) is 7.92. The van der Waals surface area contributed by atoms with Crippen molar-refractivity contribution >= 4 is 11.6 Å². The van der Waals surface area contributed by atoms with Gasteiger partial charge in [-0.05, 0) is 48.5 Å². The molecule has 3 rings (SSSR count). The number of aromatic amines is 1. The number of ether oxygens (including phenoxy) is 1. The molecule has 0 atom stereocenters. The second-order valence-corrected chi connectivity index (χ2v) is 5.62. The van der Waals surface area contributed by atoms with Crippen LogP contribution in [0.4, 0.5) is 4.39 Å². The van der Waals surface area contributed by atoms with E-state index < -0.39 is 5.91 Å². The Hall–Kier alpha value is -3.81. The highest BCUT2D eigenvalue weighted by Gasteiger charge is 2.12. The van der Waals surface area contributed by atoms with E-state index in [4.69, 9.17) is 4.74 Å². The van der Waals surface area contributed by atoms with Crippen molar-refractivity contribution in [3.8, 4) is 22.8 Å². The third-order valence-corrected chi connectivity index (χ3v) is 3.82. The summed E-state index contributed by atoms with van der Waals surface area (Å²) in [6.45, 7) is 3.83. The number of amides is 1. The topological polar surface area (TPSA) is 99.3 Å². The number of phenols is 1. The minimum Gasteiger partial charge on any atom is -0.504 e. The lowest BCUT2D eigenvalue weighted by molar-refractivity contribution is 0.0937. The summed E-state index contributed by atoms with van der Waals surface area (Å²) < 4.78 is 18.0. The van der Waals surface area contributed by atoms with Crippen LogP contribution >= 0.6 is 0 Å². The third-order valence-electron chi connectivity index (χ3n) is 3.82. The molecule has 4 N–H and O–H groups in total. The number of methoxy groups -OCH3 is 1. The predicted molar refractivity (Wildman–Crippen MR) is 98.3 cm³/mol. The van der Waals surface area contributed by atoms with Crippen molar-refractivity contribution in [1.82, 2.24) is 21.0 Å². The number of halogens is 1. The van der Waals surface area contributed by atoms with E-state index in [1.807, 2.05) is 0 Å². The zero-order chi connectivity index (χ0) is 19.4. The number of nitrogens with one attached hydrogen (secondary N) is 3. The van der Waals surface area contributed by atoms with Gasteiger partial charge in [-0.2, -0.15) is 5.10 Å². The standard InChI is InChI=1S/C19H17FN4O3/c1-11(13-5-8-17(25)18(9-13)27-2)21-24-19(26)16-10-15(22-23-16)12-3-6-14(20)7-4-12/h3-10,21,25H,1H2,2H3,(H,22,23)(H,24,26). The van der Waals surface area contributed by atoms with Gasteiger partial charge in [0.05, 0.1) is 18.5 Å². The maximum Gasteiger partial charge on any atom is 0.287 e. The fourth-order valence-electron chi connectivity index (χ4n) is 2.34. The normalized spacial score (nSPS) is 10.3. The van der Waals surface area contributed by atoms with E-state index >= 15 is 0 Å². The Morgan fingerprint density at radius 1 is 1.19 bits per heavy atom. The molecule has 0 fully saturated rings. The Morgan fingerprint density at radius 3 is 2.63 bits per heavy atom. The number of hydrogen-bond acceptors (Lipinski definition) is 5. The van der Waals surface area contributed by atoms with E-state index in [0.717, 1.165) is 0 Å². The molecule has 0 spiro atoms. The Bertz CT molecular complexity index is 983. The van der Waals surface area contributed by atoms with E-state index in [9.17, 15) is 14.3 Å². The second kappa shape index (κ2) is 7.61. The first-order valence-electron chi connectivity index (χ1n) is 7.92. The van der Waals surface area contributed by atoms with Gasteiger partial charge in [-0.25, -0.2) is 4.39 Å². The van der Waals surface area contributed by atoms with Gasteiger partial charge in [0.2, 0.25) is 0 Å². The monoisotopic (exact) mass is 368 g/mol. The van der Waals surface area contributed by atoms with Crippen molar-refractivity contribution in [2.24, 2.45) is 0 Å². The molecule has 1 aromatic heterocycles. The van der Waals surface area contributed by atoms with E-state index in [-0.39, 0.29) is 17.3 Å². The number of carbonyl (C=O) groups excluding carboxylic acids is 1. The minimum absolute atomic E-state index is 0.00358. The molecule has 0 saturated heterocycles. The Labute approximate surface area is 154 Å². The Kier molecular flexibility index (Phi) is 5.07. The third kappa shape index (κ3) is 4.06. The van der Waals surface area contributed by atoms with Crippen LogP contribution in [0.5, 0.6) is 11.5 Å². The molecule has 0 bridgehead atoms. The first kappa shape index (κ1) is 18.0. The van der Waals surface area contributed by atoms with Gasteiger partial charge in [-0.15, -0.1) is 0 Å². The molecule has 0 saturated carbocycles. The second-order valence-electron chi connectivity index (χ2n) is 5.62. The van der Waals surface area contributed by atoms with Gasteiger partial charge in [0.25, 0.3) is 5.91 Å². The fraction of sp³-hybridized carbons (Fsp3) is 0.0526. The maximum atomic E-state index is 13.0. The number of hydrazine groups is 1. The molecule has 0 radical (unpaired) electrons. The quantitative estimate of drug-likeness (QED) is 0.502. The van der Waals surface area contributed by atoms with Crippen molar-refractivity contribution in [2.45, 2.75) is 0 Å². The van der Waals surface area contributed by atoms with Crippen LogP contribution in [0.1, 0.15) is 16.1 Å². The first-order chi connectivity index (χ1) is 13.0. The van der Waals surface area contributed by atoms with Gasteiger partial charge in [-0.3, -0.25) is 20.7 Å². The molecule has 0 unspecified atom stereocenters. The summed E-state index contributed by atoms with van der Waals surface area (Å²) in [5, 5.41) is 16.3.